The van der Waals surface area contributed by atoms with Gasteiger partial charge >= 0.3 is 0 Å². The van der Waals surface area contributed by atoms with Crippen LogP contribution in [-0.4, -0.2) is 31.8 Å². The van der Waals surface area contributed by atoms with Crippen LogP contribution in [0.1, 0.15) is 17.3 Å². The zero-order chi connectivity index (χ0) is 20.7. The van der Waals surface area contributed by atoms with Gasteiger partial charge in [0.15, 0.2) is 0 Å². The maximum absolute atomic E-state index is 14.1. The van der Waals surface area contributed by atoms with E-state index >= 15 is 0 Å². The van der Waals surface area contributed by atoms with Crippen LogP contribution in [0.15, 0.2) is 53.3 Å². The maximum Gasteiger partial charge on any atom is 0.272 e. The Bertz CT molecular complexity index is 1200. The van der Waals surface area contributed by atoms with Gasteiger partial charge in [-0.25, -0.2) is 14.4 Å². The summed E-state index contributed by atoms with van der Waals surface area (Å²) in [7, 11) is 0. The Hall–Kier alpha value is -3.26. The number of rotatable bonds is 4. The van der Waals surface area contributed by atoms with Gasteiger partial charge in [0.05, 0.1) is 11.0 Å². The first kappa shape index (κ1) is 19.1. The molecular formula is C20H16ClFN4O3. The van der Waals surface area contributed by atoms with E-state index < -0.39 is 34.6 Å². The summed E-state index contributed by atoms with van der Waals surface area (Å²) < 4.78 is 15.4. The van der Waals surface area contributed by atoms with Crippen LogP contribution in [0.4, 0.5) is 4.39 Å². The molecule has 1 fully saturated rings. The molecule has 2 heterocycles. The minimum Gasteiger partial charge on any atom is -0.296 e. The molecule has 0 saturated carbocycles. The third-order valence-electron chi connectivity index (χ3n) is 4.81. The summed E-state index contributed by atoms with van der Waals surface area (Å²) in [6, 6.07) is 12.0. The van der Waals surface area contributed by atoms with Gasteiger partial charge in [-0.2, -0.15) is 0 Å². The van der Waals surface area contributed by atoms with Crippen molar-refractivity contribution in [1.29, 1.82) is 0 Å². The number of amides is 2. The molecule has 2 atom stereocenters. The summed E-state index contributed by atoms with van der Waals surface area (Å²) in [5.41, 5.74) is 3.56. The maximum atomic E-state index is 14.1. The van der Waals surface area contributed by atoms with E-state index in [0.29, 0.717) is 11.0 Å². The Balaban J connectivity index is 1.60. The minimum atomic E-state index is -0.987. The summed E-state index contributed by atoms with van der Waals surface area (Å²) >= 11 is 6.06. The Morgan fingerprint density at radius 1 is 1.17 bits per heavy atom. The van der Waals surface area contributed by atoms with Crippen LogP contribution in [0.25, 0.3) is 11.0 Å². The van der Waals surface area contributed by atoms with Gasteiger partial charge in [-0.05, 0) is 25.1 Å². The second-order valence-electron chi connectivity index (χ2n) is 6.69. The number of benzene rings is 2. The summed E-state index contributed by atoms with van der Waals surface area (Å²) in [6.07, 6.45) is 0. The van der Waals surface area contributed by atoms with Crippen molar-refractivity contribution in [2.45, 2.75) is 24.9 Å². The Morgan fingerprint density at radius 2 is 1.86 bits per heavy atom. The minimum absolute atomic E-state index is 0.203. The highest BCUT2D eigenvalue weighted by atomic mass is 35.5. The lowest BCUT2D eigenvalue weighted by Gasteiger charge is -2.44. The van der Waals surface area contributed by atoms with Crippen molar-refractivity contribution in [3.8, 4) is 0 Å². The molecule has 7 nitrogen and oxygen atoms in total. The Labute approximate surface area is 169 Å². The van der Waals surface area contributed by atoms with E-state index in [-0.39, 0.29) is 17.8 Å². The third-order valence-corrected chi connectivity index (χ3v) is 5.24. The number of β-lactam (4-membered cyclic amide) rings is 1. The highest BCUT2D eigenvalue weighted by Gasteiger charge is 2.49. The number of hydrazine groups is 1. The van der Waals surface area contributed by atoms with E-state index in [4.69, 9.17) is 11.6 Å². The van der Waals surface area contributed by atoms with Crippen LogP contribution in [0.2, 0.25) is 0 Å². The van der Waals surface area contributed by atoms with Gasteiger partial charge in [-0.3, -0.25) is 24.4 Å². The Morgan fingerprint density at radius 3 is 2.62 bits per heavy atom. The monoisotopic (exact) mass is 414 g/mol. The van der Waals surface area contributed by atoms with Crippen LogP contribution >= 0.6 is 11.6 Å². The number of alkyl halides is 1. The van der Waals surface area contributed by atoms with Gasteiger partial charge < -0.3 is 0 Å². The number of nitrogens with one attached hydrogen (secondary N) is 1. The van der Waals surface area contributed by atoms with Crippen molar-refractivity contribution in [2.24, 2.45) is 0 Å². The molecule has 0 spiro atoms. The van der Waals surface area contributed by atoms with Gasteiger partial charge in [0, 0.05) is 5.56 Å². The van der Waals surface area contributed by atoms with Crippen molar-refractivity contribution in [3.05, 3.63) is 76.0 Å². The van der Waals surface area contributed by atoms with E-state index in [1.807, 2.05) is 0 Å². The summed E-state index contributed by atoms with van der Waals surface area (Å²) in [4.78, 5) is 41.5. The molecule has 0 aliphatic carbocycles. The summed E-state index contributed by atoms with van der Waals surface area (Å²) in [6.45, 7) is 1.23. The standard InChI is InChI=1S/C20H16ClFN4O3/c1-11-19(28)25(15-9-5-4-8-14(15)23-11)10-16(27)24-26-18(17(21)20(26)29)12-6-2-3-7-13(12)22/h2-9,17-18H,10H2,1H3,(H,24,27). The molecule has 1 N–H and O–H groups in total. The molecule has 2 aromatic carbocycles. The molecule has 1 aromatic heterocycles. The largest absolute Gasteiger partial charge is 0.296 e. The molecule has 0 radical (unpaired) electrons. The van der Waals surface area contributed by atoms with Crippen LogP contribution < -0.4 is 11.0 Å². The zero-order valence-electron chi connectivity index (χ0n) is 15.3. The molecule has 3 aromatic rings. The number of hydrogen-bond donors (Lipinski definition) is 1. The molecule has 2 amide bonds. The molecule has 0 bridgehead atoms. The van der Waals surface area contributed by atoms with E-state index in [2.05, 4.69) is 10.4 Å². The van der Waals surface area contributed by atoms with Gasteiger partial charge in [-0.1, -0.05) is 30.3 Å². The molecule has 148 valence electrons. The highest BCUT2D eigenvalue weighted by Crippen LogP contribution is 2.38. The smallest absolute Gasteiger partial charge is 0.272 e. The van der Waals surface area contributed by atoms with Crippen LogP contribution in [0.3, 0.4) is 0 Å². The number of fused-ring (bicyclic) bond motifs is 1. The van der Waals surface area contributed by atoms with Crippen LogP contribution in [-0.2, 0) is 16.1 Å². The first-order chi connectivity index (χ1) is 13.9. The van der Waals surface area contributed by atoms with Gasteiger partial charge in [0.1, 0.15) is 29.5 Å². The predicted molar refractivity (Wildman–Crippen MR) is 105 cm³/mol. The van der Waals surface area contributed by atoms with Crippen molar-refractivity contribution in [2.75, 3.05) is 0 Å². The molecule has 1 saturated heterocycles. The second kappa shape index (κ2) is 7.29. The zero-order valence-corrected chi connectivity index (χ0v) is 16.1. The molecule has 2 unspecified atom stereocenters. The van der Waals surface area contributed by atoms with Crippen LogP contribution in [0, 0.1) is 12.7 Å². The number of aryl methyl sites for hydroxylation is 1. The van der Waals surface area contributed by atoms with Gasteiger partial charge in [0.25, 0.3) is 17.4 Å². The average molecular weight is 415 g/mol. The number of carbonyl (C=O) groups is 2. The predicted octanol–water partition coefficient (Wildman–Crippen LogP) is 2.07. The fraction of sp³-hybridized carbons (Fsp3) is 0.200. The summed E-state index contributed by atoms with van der Waals surface area (Å²) in [5.74, 6) is -1.68. The van der Waals surface area contributed by atoms with E-state index in [1.54, 1.807) is 37.3 Å². The number of carbonyl (C=O) groups excluding carboxylic acids is 2. The normalized spacial score (nSPS) is 18.6. The molecule has 1 aliphatic heterocycles. The van der Waals surface area contributed by atoms with Crippen LogP contribution in [0.5, 0.6) is 0 Å². The second-order valence-corrected chi connectivity index (χ2v) is 7.16. The lowest BCUT2D eigenvalue weighted by Crippen LogP contribution is -2.63. The number of para-hydroxylation sites is 2. The number of halogens is 2. The van der Waals surface area contributed by atoms with Crippen molar-refractivity contribution in [1.82, 2.24) is 20.0 Å². The third kappa shape index (κ3) is 3.25. The van der Waals surface area contributed by atoms with Crippen molar-refractivity contribution >= 4 is 34.4 Å². The Kier molecular flexibility index (Phi) is 4.79. The molecule has 9 heteroatoms. The van der Waals surface area contributed by atoms with Gasteiger partial charge in [-0.15, -0.1) is 11.6 Å². The number of aromatic nitrogens is 2. The number of hydrogen-bond acceptors (Lipinski definition) is 4. The van der Waals surface area contributed by atoms with E-state index in [1.165, 1.54) is 22.8 Å². The summed E-state index contributed by atoms with van der Waals surface area (Å²) in [5, 5.41) is 0.0126. The van der Waals surface area contributed by atoms with E-state index in [9.17, 15) is 18.8 Å². The topological polar surface area (TPSA) is 84.3 Å². The molecule has 1 aliphatic rings. The van der Waals surface area contributed by atoms with Gasteiger partial charge in [0.2, 0.25) is 0 Å². The first-order valence-corrected chi connectivity index (χ1v) is 9.29. The van der Waals surface area contributed by atoms with Crippen molar-refractivity contribution < 1.29 is 14.0 Å². The highest BCUT2D eigenvalue weighted by molar-refractivity contribution is 6.33. The molecule has 4 rings (SSSR count). The fourth-order valence-corrected chi connectivity index (χ4v) is 3.73. The average Bonchev–Trinajstić information content (AvgIpc) is 2.72. The quantitative estimate of drug-likeness (QED) is 0.523. The lowest BCUT2D eigenvalue weighted by molar-refractivity contribution is -0.156. The fourth-order valence-electron chi connectivity index (χ4n) is 3.38. The van der Waals surface area contributed by atoms with E-state index in [0.717, 1.165) is 5.01 Å². The first-order valence-electron chi connectivity index (χ1n) is 8.85. The number of nitrogens with zero attached hydrogens (tertiary/aromatic N) is 3. The molecular weight excluding hydrogens is 399 g/mol. The molecule has 29 heavy (non-hydrogen) atoms. The lowest BCUT2D eigenvalue weighted by atomic mass is 9.95. The SMILES string of the molecule is Cc1nc2ccccc2n(CC(=O)NN2C(=O)C(Cl)C2c2ccccc2F)c1=O. The van der Waals surface area contributed by atoms with Crippen molar-refractivity contribution in [3.63, 3.8) is 0 Å².